The van der Waals surface area contributed by atoms with Gasteiger partial charge in [0.15, 0.2) is 11.5 Å². The summed E-state index contributed by atoms with van der Waals surface area (Å²) in [7, 11) is 0. The molecule has 9 heteroatoms. The quantitative estimate of drug-likeness (QED) is 0.725. The van der Waals surface area contributed by atoms with E-state index in [4.69, 9.17) is 0 Å². The van der Waals surface area contributed by atoms with Crippen LogP contribution in [0, 0.1) is 13.8 Å². The van der Waals surface area contributed by atoms with Crippen molar-refractivity contribution in [2.45, 2.75) is 39.2 Å². The highest BCUT2D eigenvalue weighted by atomic mass is 16.2. The summed E-state index contributed by atoms with van der Waals surface area (Å²) >= 11 is 0. The first-order valence-corrected chi connectivity index (χ1v) is 8.32. The monoisotopic (exact) mass is 341 g/mol. The Bertz CT molecular complexity index is 999. The Morgan fingerprint density at radius 3 is 2.92 bits per heavy atom. The Morgan fingerprint density at radius 2 is 2.16 bits per heavy atom. The van der Waals surface area contributed by atoms with Crippen LogP contribution in [0.15, 0.2) is 17.1 Å². The summed E-state index contributed by atoms with van der Waals surface area (Å²) in [6.45, 7) is 4.38. The summed E-state index contributed by atoms with van der Waals surface area (Å²) in [6, 6.07) is 1.63. The smallest absolute Gasteiger partial charge is 0.328 e. The Balaban J connectivity index is 1.73. The van der Waals surface area contributed by atoms with Crippen molar-refractivity contribution in [3.63, 3.8) is 0 Å². The summed E-state index contributed by atoms with van der Waals surface area (Å²) in [5.74, 6) is 0.383. The second-order valence-electron chi connectivity index (χ2n) is 6.39. The summed E-state index contributed by atoms with van der Waals surface area (Å²) in [4.78, 5) is 33.4. The maximum atomic E-state index is 13.2. The van der Waals surface area contributed by atoms with E-state index >= 15 is 0 Å². The zero-order valence-corrected chi connectivity index (χ0v) is 14.1. The summed E-state index contributed by atoms with van der Waals surface area (Å²) in [5, 5.41) is 10.8. The molecule has 1 atom stereocenters. The van der Waals surface area contributed by atoms with Crippen molar-refractivity contribution in [1.82, 2.24) is 34.7 Å². The van der Waals surface area contributed by atoms with Crippen LogP contribution in [0.5, 0.6) is 0 Å². The average molecular weight is 341 g/mol. The number of hydrogen-bond acceptors (Lipinski definition) is 5. The first-order valence-electron chi connectivity index (χ1n) is 8.32. The maximum absolute atomic E-state index is 13.2. The van der Waals surface area contributed by atoms with Gasteiger partial charge in [-0.05, 0) is 33.1 Å². The van der Waals surface area contributed by atoms with E-state index in [1.165, 1.54) is 0 Å². The van der Waals surface area contributed by atoms with Crippen molar-refractivity contribution in [1.29, 1.82) is 0 Å². The largest absolute Gasteiger partial charge is 0.340 e. The van der Waals surface area contributed by atoms with Gasteiger partial charge in [0.25, 0.3) is 5.91 Å². The van der Waals surface area contributed by atoms with Gasteiger partial charge in [-0.2, -0.15) is 10.2 Å². The molecule has 2 N–H and O–H groups in total. The van der Waals surface area contributed by atoms with Crippen molar-refractivity contribution in [3.8, 4) is 0 Å². The van der Waals surface area contributed by atoms with E-state index in [0.717, 1.165) is 36.3 Å². The Morgan fingerprint density at radius 1 is 1.32 bits per heavy atom. The number of amides is 1. The van der Waals surface area contributed by atoms with Gasteiger partial charge in [-0.25, -0.2) is 19.4 Å². The highest BCUT2D eigenvalue weighted by Gasteiger charge is 2.32. The molecule has 0 aliphatic carbocycles. The van der Waals surface area contributed by atoms with Gasteiger partial charge in [-0.1, -0.05) is 0 Å². The fourth-order valence-corrected chi connectivity index (χ4v) is 3.43. The fraction of sp³-hybridized carbons (Fsp3) is 0.438. The predicted octanol–water partition coefficient (Wildman–Crippen LogP) is 1.12. The molecule has 130 valence electrons. The predicted molar refractivity (Wildman–Crippen MR) is 89.3 cm³/mol. The molecule has 0 spiro atoms. The zero-order chi connectivity index (χ0) is 17.6. The highest BCUT2D eigenvalue weighted by molar-refractivity contribution is 5.95. The van der Waals surface area contributed by atoms with Crippen LogP contribution in [0.2, 0.25) is 0 Å². The topological polar surface area (TPSA) is 112 Å². The first-order chi connectivity index (χ1) is 12.0. The number of carbonyl (C=O) groups excluding carboxylic acids is 1. The van der Waals surface area contributed by atoms with Crippen molar-refractivity contribution < 1.29 is 4.79 Å². The van der Waals surface area contributed by atoms with Gasteiger partial charge >= 0.3 is 5.69 Å². The number of carbonyl (C=O) groups is 1. The number of nitrogens with zero attached hydrogens (tertiary/aromatic N) is 5. The Hall–Kier alpha value is -2.97. The first kappa shape index (κ1) is 15.6. The number of fused-ring (bicyclic) bond motifs is 1. The number of nitrogens with one attached hydrogen (secondary N) is 2. The lowest BCUT2D eigenvalue weighted by Crippen LogP contribution is -2.39. The number of rotatable bonds is 2. The molecule has 25 heavy (non-hydrogen) atoms. The van der Waals surface area contributed by atoms with Crippen molar-refractivity contribution >= 4 is 11.6 Å². The normalized spacial score (nSPS) is 18.0. The molecule has 0 unspecified atom stereocenters. The lowest BCUT2D eigenvalue weighted by Gasteiger charge is -2.34. The lowest BCUT2D eigenvalue weighted by molar-refractivity contribution is 0.0598. The molecule has 1 saturated heterocycles. The third-order valence-corrected chi connectivity index (χ3v) is 4.68. The van der Waals surface area contributed by atoms with Crippen LogP contribution in [0.25, 0.3) is 5.65 Å². The van der Waals surface area contributed by atoms with Crippen LogP contribution in [0.3, 0.4) is 0 Å². The minimum absolute atomic E-state index is 0.117. The van der Waals surface area contributed by atoms with Crippen LogP contribution in [0.1, 0.15) is 52.9 Å². The van der Waals surface area contributed by atoms with Crippen molar-refractivity contribution in [2.24, 2.45) is 0 Å². The van der Waals surface area contributed by atoms with Crippen LogP contribution in [0.4, 0.5) is 0 Å². The minimum atomic E-state index is -0.362. The molecular weight excluding hydrogens is 322 g/mol. The van der Waals surface area contributed by atoms with Gasteiger partial charge in [0, 0.05) is 18.8 Å². The molecular formula is C16H19N7O2. The number of likely N-dealkylation sites (tertiary alicyclic amines) is 1. The van der Waals surface area contributed by atoms with Gasteiger partial charge in [-0.3, -0.25) is 9.78 Å². The number of aryl methyl sites for hydroxylation is 2. The number of H-pyrrole nitrogens is 2. The van der Waals surface area contributed by atoms with Crippen LogP contribution < -0.4 is 5.69 Å². The maximum Gasteiger partial charge on any atom is 0.340 e. The second kappa shape index (κ2) is 5.83. The average Bonchev–Trinajstić information content (AvgIpc) is 3.20. The second-order valence-corrected chi connectivity index (χ2v) is 6.39. The molecule has 0 bridgehead atoms. The van der Waals surface area contributed by atoms with Gasteiger partial charge in [0.2, 0.25) is 0 Å². The third-order valence-electron chi connectivity index (χ3n) is 4.68. The van der Waals surface area contributed by atoms with Crippen molar-refractivity contribution in [2.75, 3.05) is 6.54 Å². The molecule has 1 aliphatic rings. The summed E-state index contributed by atoms with van der Waals surface area (Å²) in [6.07, 6.45) is 4.28. The van der Waals surface area contributed by atoms with E-state index in [1.54, 1.807) is 15.6 Å². The van der Waals surface area contributed by atoms with E-state index in [1.807, 2.05) is 19.9 Å². The third kappa shape index (κ3) is 2.61. The molecule has 9 nitrogen and oxygen atoms in total. The number of piperidine rings is 1. The summed E-state index contributed by atoms with van der Waals surface area (Å²) < 4.78 is 1.69. The van der Waals surface area contributed by atoms with E-state index in [0.29, 0.717) is 17.9 Å². The number of aromatic amines is 2. The van der Waals surface area contributed by atoms with Gasteiger partial charge < -0.3 is 4.90 Å². The SMILES string of the molecule is Cc1cc2ncc(C(=O)N3CCCC[C@H]3c3n[nH]c(=O)[nH]3)c(C)n2n1. The summed E-state index contributed by atoms with van der Waals surface area (Å²) in [5.41, 5.74) is 2.48. The van der Waals surface area contributed by atoms with E-state index in [9.17, 15) is 9.59 Å². The molecule has 3 aromatic heterocycles. The fourth-order valence-electron chi connectivity index (χ4n) is 3.43. The van der Waals surface area contributed by atoms with E-state index in [2.05, 4.69) is 25.3 Å². The number of aromatic nitrogens is 6. The molecule has 0 aromatic carbocycles. The molecule has 1 amide bonds. The molecule has 0 saturated carbocycles. The minimum Gasteiger partial charge on any atom is -0.328 e. The van der Waals surface area contributed by atoms with Crippen LogP contribution in [-0.4, -0.2) is 47.1 Å². The molecule has 4 rings (SSSR count). The lowest BCUT2D eigenvalue weighted by atomic mass is 10.00. The standard InChI is InChI=1S/C16H19N7O2/c1-9-7-13-17-8-11(10(2)23(13)21-9)15(24)22-6-4-3-5-12(22)14-18-16(25)20-19-14/h7-8,12H,3-6H2,1-2H3,(H2,18,19,20,25)/t12-/m0/s1. The Kier molecular flexibility index (Phi) is 3.63. The zero-order valence-electron chi connectivity index (χ0n) is 14.1. The van der Waals surface area contributed by atoms with Gasteiger partial charge in [0.05, 0.1) is 23.0 Å². The molecule has 1 aliphatic heterocycles. The molecule has 3 aromatic rings. The van der Waals surface area contributed by atoms with Crippen LogP contribution in [-0.2, 0) is 0 Å². The van der Waals surface area contributed by atoms with Gasteiger partial charge in [-0.15, -0.1) is 0 Å². The number of hydrogen-bond donors (Lipinski definition) is 2. The molecule has 1 fully saturated rings. The van der Waals surface area contributed by atoms with Gasteiger partial charge in [0.1, 0.15) is 0 Å². The van der Waals surface area contributed by atoms with E-state index < -0.39 is 0 Å². The van der Waals surface area contributed by atoms with Crippen molar-refractivity contribution in [3.05, 3.63) is 45.5 Å². The highest BCUT2D eigenvalue weighted by Crippen LogP contribution is 2.30. The van der Waals surface area contributed by atoms with E-state index in [-0.39, 0.29) is 17.6 Å². The molecule has 0 radical (unpaired) electrons. The molecule has 4 heterocycles. The van der Waals surface area contributed by atoms with Crippen LogP contribution >= 0.6 is 0 Å². The Labute approximate surface area is 143 Å².